The molecule has 90 valence electrons. The van der Waals surface area contributed by atoms with E-state index in [-0.39, 0.29) is 11.7 Å². The second-order valence-electron chi connectivity index (χ2n) is 3.63. The summed E-state index contributed by atoms with van der Waals surface area (Å²) in [6, 6.07) is 8.27. The Bertz CT molecular complexity index is 702. The molecule has 0 aliphatic rings. The SMILES string of the molecule is O=[N+]([O-])c1ccc2nc(Nn3cccc3)oc2c1. The number of rotatable bonds is 3. The zero-order chi connectivity index (χ0) is 12.5. The Balaban J connectivity index is 1.98. The highest BCUT2D eigenvalue weighted by molar-refractivity contribution is 5.77. The summed E-state index contributed by atoms with van der Waals surface area (Å²) in [7, 11) is 0. The Morgan fingerprint density at radius 3 is 2.83 bits per heavy atom. The van der Waals surface area contributed by atoms with Gasteiger partial charge in [-0.25, -0.2) is 5.43 Å². The van der Waals surface area contributed by atoms with Crippen LogP contribution in [0.3, 0.4) is 0 Å². The maximum atomic E-state index is 10.6. The number of nitro groups is 1. The number of fused-ring (bicyclic) bond motifs is 1. The van der Waals surface area contributed by atoms with Gasteiger partial charge in [-0.2, -0.15) is 4.98 Å². The minimum absolute atomic E-state index is 0.0221. The highest BCUT2D eigenvalue weighted by Crippen LogP contribution is 2.23. The number of hydrogen-bond donors (Lipinski definition) is 1. The van der Waals surface area contributed by atoms with Crippen molar-refractivity contribution in [3.63, 3.8) is 0 Å². The van der Waals surface area contributed by atoms with Gasteiger partial charge in [0.2, 0.25) is 0 Å². The predicted octanol–water partition coefficient (Wildman–Crippen LogP) is 2.41. The van der Waals surface area contributed by atoms with Gasteiger partial charge in [-0.15, -0.1) is 0 Å². The van der Waals surface area contributed by atoms with E-state index in [0.717, 1.165) is 0 Å². The molecule has 0 aliphatic carbocycles. The van der Waals surface area contributed by atoms with Crippen LogP contribution in [-0.2, 0) is 0 Å². The van der Waals surface area contributed by atoms with Gasteiger partial charge in [0.25, 0.3) is 5.69 Å². The van der Waals surface area contributed by atoms with E-state index >= 15 is 0 Å². The standard InChI is InChI=1S/C11H8N4O3/c16-15(17)8-3-4-9-10(7-8)18-11(12-9)13-14-5-1-2-6-14/h1-7H,(H,12,13). The largest absolute Gasteiger partial charge is 0.422 e. The zero-order valence-electron chi connectivity index (χ0n) is 9.11. The molecule has 18 heavy (non-hydrogen) atoms. The Morgan fingerprint density at radius 1 is 1.33 bits per heavy atom. The maximum Gasteiger partial charge on any atom is 0.315 e. The van der Waals surface area contributed by atoms with E-state index in [4.69, 9.17) is 4.42 Å². The Morgan fingerprint density at radius 2 is 2.11 bits per heavy atom. The molecule has 3 aromatic rings. The molecule has 0 atom stereocenters. The van der Waals surface area contributed by atoms with E-state index in [0.29, 0.717) is 11.1 Å². The summed E-state index contributed by atoms with van der Waals surface area (Å²) < 4.78 is 7.05. The first-order chi connectivity index (χ1) is 8.72. The molecule has 2 heterocycles. The summed E-state index contributed by atoms with van der Waals surface area (Å²) in [5.74, 6) is 0. The summed E-state index contributed by atoms with van der Waals surface area (Å²) in [6.07, 6.45) is 3.58. The van der Waals surface area contributed by atoms with Crippen molar-refractivity contribution < 1.29 is 9.34 Å². The molecule has 7 nitrogen and oxygen atoms in total. The summed E-state index contributed by atoms with van der Waals surface area (Å²) in [5, 5.41) is 10.6. The molecule has 1 aromatic carbocycles. The van der Waals surface area contributed by atoms with E-state index in [1.807, 2.05) is 12.1 Å². The van der Waals surface area contributed by atoms with Gasteiger partial charge in [-0.1, -0.05) is 0 Å². The average Bonchev–Trinajstić information content (AvgIpc) is 2.96. The van der Waals surface area contributed by atoms with Crippen LogP contribution in [0.15, 0.2) is 47.1 Å². The molecule has 0 fully saturated rings. The molecule has 0 saturated carbocycles. The van der Waals surface area contributed by atoms with Crippen LogP contribution in [-0.4, -0.2) is 14.6 Å². The minimum Gasteiger partial charge on any atom is -0.422 e. The fourth-order valence-electron chi connectivity index (χ4n) is 1.59. The van der Waals surface area contributed by atoms with E-state index in [2.05, 4.69) is 10.4 Å². The van der Waals surface area contributed by atoms with E-state index in [1.165, 1.54) is 12.1 Å². The molecular formula is C11H8N4O3. The lowest BCUT2D eigenvalue weighted by Gasteiger charge is -2.00. The Labute approximate surface area is 101 Å². The van der Waals surface area contributed by atoms with Gasteiger partial charge in [-0.3, -0.25) is 14.8 Å². The number of aromatic nitrogens is 2. The average molecular weight is 244 g/mol. The lowest BCUT2D eigenvalue weighted by atomic mass is 10.3. The number of anilines is 1. The quantitative estimate of drug-likeness (QED) is 0.564. The highest BCUT2D eigenvalue weighted by atomic mass is 16.6. The van der Waals surface area contributed by atoms with Gasteiger partial charge >= 0.3 is 6.01 Å². The number of non-ortho nitro benzene ring substituents is 1. The third-order valence-corrected chi connectivity index (χ3v) is 2.41. The van der Waals surface area contributed by atoms with E-state index in [9.17, 15) is 10.1 Å². The van der Waals surface area contributed by atoms with Crippen LogP contribution >= 0.6 is 0 Å². The summed E-state index contributed by atoms with van der Waals surface area (Å²) in [4.78, 5) is 14.3. The van der Waals surface area contributed by atoms with Crippen LogP contribution in [0.4, 0.5) is 11.7 Å². The molecule has 7 heteroatoms. The van der Waals surface area contributed by atoms with Gasteiger partial charge in [0.15, 0.2) is 5.58 Å². The van der Waals surface area contributed by atoms with Crippen molar-refractivity contribution in [1.29, 1.82) is 0 Å². The van der Waals surface area contributed by atoms with Crippen molar-refractivity contribution >= 4 is 22.8 Å². The summed E-state index contributed by atoms with van der Waals surface area (Å²) in [6.45, 7) is 0. The molecular weight excluding hydrogens is 236 g/mol. The molecule has 0 bridgehead atoms. The van der Waals surface area contributed by atoms with Crippen LogP contribution in [0.1, 0.15) is 0 Å². The number of nitrogens with one attached hydrogen (secondary N) is 1. The lowest BCUT2D eigenvalue weighted by molar-refractivity contribution is -0.384. The van der Waals surface area contributed by atoms with Crippen LogP contribution in [0.5, 0.6) is 0 Å². The summed E-state index contributed by atoms with van der Waals surface area (Å²) in [5.41, 5.74) is 3.81. The molecule has 0 unspecified atom stereocenters. The van der Waals surface area contributed by atoms with E-state index in [1.54, 1.807) is 23.1 Å². The third kappa shape index (κ3) is 1.77. The topological polar surface area (TPSA) is 86.1 Å². The zero-order valence-corrected chi connectivity index (χ0v) is 9.11. The van der Waals surface area contributed by atoms with Crippen molar-refractivity contribution in [3.05, 3.63) is 52.8 Å². The molecule has 3 rings (SSSR count). The van der Waals surface area contributed by atoms with Crippen molar-refractivity contribution in [2.45, 2.75) is 0 Å². The number of nitrogens with zero attached hydrogens (tertiary/aromatic N) is 3. The molecule has 0 spiro atoms. The van der Waals surface area contributed by atoms with Crippen molar-refractivity contribution in [3.8, 4) is 0 Å². The lowest BCUT2D eigenvalue weighted by Crippen LogP contribution is -2.05. The van der Waals surface area contributed by atoms with Crippen molar-refractivity contribution in [2.75, 3.05) is 5.43 Å². The molecule has 0 amide bonds. The van der Waals surface area contributed by atoms with E-state index < -0.39 is 4.92 Å². The van der Waals surface area contributed by atoms with Crippen LogP contribution in [0, 0.1) is 10.1 Å². The first-order valence-electron chi connectivity index (χ1n) is 5.17. The second-order valence-corrected chi connectivity index (χ2v) is 3.63. The smallest absolute Gasteiger partial charge is 0.315 e. The number of nitro benzene ring substituents is 1. The fraction of sp³-hybridized carbons (Fsp3) is 0. The third-order valence-electron chi connectivity index (χ3n) is 2.41. The number of oxazole rings is 1. The molecule has 1 N–H and O–H groups in total. The maximum absolute atomic E-state index is 10.6. The minimum atomic E-state index is -0.471. The Kier molecular flexibility index (Phi) is 2.23. The molecule has 0 saturated heterocycles. The van der Waals surface area contributed by atoms with Gasteiger partial charge in [0.05, 0.1) is 11.0 Å². The van der Waals surface area contributed by atoms with Crippen molar-refractivity contribution in [1.82, 2.24) is 9.66 Å². The van der Waals surface area contributed by atoms with Crippen LogP contribution in [0.2, 0.25) is 0 Å². The second kappa shape index (κ2) is 3.88. The molecule has 0 radical (unpaired) electrons. The summed E-state index contributed by atoms with van der Waals surface area (Å²) >= 11 is 0. The monoisotopic (exact) mass is 244 g/mol. The van der Waals surface area contributed by atoms with Crippen LogP contribution in [0.25, 0.3) is 11.1 Å². The predicted molar refractivity (Wildman–Crippen MR) is 64.1 cm³/mol. The van der Waals surface area contributed by atoms with Crippen molar-refractivity contribution in [2.24, 2.45) is 0 Å². The highest BCUT2D eigenvalue weighted by Gasteiger charge is 2.11. The van der Waals surface area contributed by atoms with Gasteiger partial charge in [-0.05, 0) is 18.2 Å². The fourth-order valence-corrected chi connectivity index (χ4v) is 1.59. The molecule has 2 aromatic heterocycles. The van der Waals surface area contributed by atoms with Crippen LogP contribution < -0.4 is 5.43 Å². The molecule has 0 aliphatic heterocycles. The van der Waals surface area contributed by atoms with Gasteiger partial charge in [0.1, 0.15) is 5.52 Å². The van der Waals surface area contributed by atoms with Gasteiger partial charge < -0.3 is 4.42 Å². The number of hydrogen-bond acceptors (Lipinski definition) is 5. The first-order valence-corrected chi connectivity index (χ1v) is 5.17. The Hall–Kier alpha value is -2.83. The van der Waals surface area contributed by atoms with Gasteiger partial charge in [0, 0.05) is 18.5 Å². The number of benzene rings is 1. The first kappa shape index (κ1) is 10.3. The normalized spacial score (nSPS) is 10.7.